The number of hydrogen-bond acceptors (Lipinski definition) is 3. The van der Waals surface area contributed by atoms with Crippen LogP contribution in [-0.2, 0) is 4.79 Å². The highest BCUT2D eigenvalue weighted by Crippen LogP contribution is 2.30. The molecule has 134 valence electrons. The smallest absolute Gasteiger partial charge is 0.257 e. The van der Waals surface area contributed by atoms with Crippen LogP contribution in [0, 0.1) is 11.3 Å². The predicted octanol–water partition coefficient (Wildman–Crippen LogP) is 4.52. The first-order chi connectivity index (χ1) is 13.7. The molecule has 0 atom stereocenters. The number of anilines is 1. The molecule has 5 heteroatoms. The van der Waals surface area contributed by atoms with Gasteiger partial charge in [0, 0.05) is 11.3 Å². The summed E-state index contributed by atoms with van der Waals surface area (Å²) < 4.78 is 1.86. The number of imidazole rings is 1. The van der Waals surface area contributed by atoms with E-state index in [0.29, 0.717) is 22.5 Å². The fraction of sp³-hybridized carbons (Fsp3) is 0. The zero-order valence-electron chi connectivity index (χ0n) is 15.0. The van der Waals surface area contributed by atoms with Gasteiger partial charge < -0.3 is 5.32 Å². The quantitative estimate of drug-likeness (QED) is 0.541. The number of pyridine rings is 1. The van der Waals surface area contributed by atoms with Gasteiger partial charge in [-0.1, -0.05) is 43.0 Å². The van der Waals surface area contributed by atoms with Crippen molar-refractivity contribution in [1.29, 1.82) is 5.26 Å². The highest BCUT2D eigenvalue weighted by Gasteiger charge is 2.18. The molecule has 0 radical (unpaired) electrons. The summed E-state index contributed by atoms with van der Waals surface area (Å²) in [6.07, 6.45) is 3.42. The van der Waals surface area contributed by atoms with E-state index in [9.17, 15) is 4.79 Å². The fourth-order valence-corrected chi connectivity index (χ4v) is 3.09. The van der Waals surface area contributed by atoms with Crippen LogP contribution in [0.1, 0.15) is 11.3 Å². The van der Waals surface area contributed by atoms with Crippen molar-refractivity contribution in [3.05, 3.63) is 97.1 Å². The first-order valence-corrected chi connectivity index (χ1v) is 8.68. The van der Waals surface area contributed by atoms with Crippen molar-refractivity contribution in [2.75, 3.05) is 5.32 Å². The molecule has 2 heterocycles. The third-order valence-electron chi connectivity index (χ3n) is 4.50. The van der Waals surface area contributed by atoms with Crippen LogP contribution in [0.5, 0.6) is 0 Å². The van der Waals surface area contributed by atoms with E-state index in [0.717, 1.165) is 16.6 Å². The van der Waals surface area contributed by atoms with E-state index >= 15 is 0 Å². The number of rotatable bonds is 4. The largest absolute Gasteiger partial charge is 0.322 e. The summed E-state index contributed by atoms with van der Waals surface area (Å²) >= 11 is 0. The number of nitrogens with zero attached hydrogens (tertiary/aromatic N) is 3. The van der Waals surface area contributed by atoms with Crippen molar-refractivity contribution in [2.45, 2.75) is 0 Å². The van der Waals surface area contributed by atoms with Gasteiger partial charge in [0.25, 0.3) is 5.91 Å². The SMILES string of the molecule is C=C(C(=O)Nc1ccc(C#N)cc1)c1c(-c2ccccc2)ccc2cncn12. The molecule has 0 spiro atoms. The number of fused-ring (bicyclic) bond motifs is 1. The van der Waals surface area contributed by atoms with E-state index in [1.807, 2.05) is 46.9 Å². The maximum absolute atomic E-state index is 12.9. The van der Waals surface area contributed by atoms with Crippen LogP contribution in [0.15, 0.2) is 85.8 Å². The average Bonchev–Trinajstić information content (AvgIpc) is 3.22. The van der Waals surface area contributed by atoms with Crippen molar-refractivity contribution in [2.24, 2.45) is 0 Å². The van der Waals surface area contributed by atoms with Gasteiger partial charge in [-0.3, -0.25) is 9.20 Å². The Morgan fingerprint density at radius 3 is 2.50 bits per heavy atom. The molecule has 0 aliphatic rings. The van der Waals surface area contributed by atoms with Gasteiger partial charge >= 0.3 is 0 Å². The second-order valence-electron chi connectivity index (χ2n) is 6.27. The minimum Gasteiger partial charge on any atom is -0.322 e. The maximum Gasteiger partial charge on any atom is 0.257 e. The molecule has 2 aromatic heterocycles. The van der Waals surface area contributed by atoms with E-state index in [2.05, 4.69) is 22.9 Å². The monoisotopic (exact) mass is 364 g/mol. The summed E-state index contributed by atoms with van der Waals surface area (Å²) in [6.45, 7) is 4.06. The highest BCUT2D eigenvalue weighted by atomic mass is 16.1. The summed E-state index contributed by atoms with van der Waals surface area (Å²) in [4.78, 5) is 17.1. The predicted molar refractivity (Wildman–Crippen MR) is 109 cm³/mol. The molecule has 0 unspecified atom stereocenters. The fourth-order valence-electron chi connectivity index (χ4n) is 3.09. The lowest BCUT2D eigenvalue weighted by Crippen LogP contribution is -2.15. The lowest BCUT2D eigenvalue weighted by atomic mass is 9.99. The Morgan fingerprint density at radius 1 is 1.04 bits per heavy atom. The van der Waals surface area contributed by atoms with Crippen LogP contribution in [0.3, 0.4) is 0 Å². The number of hydrogen-bond donors (Lipinski definition) is 1. The molecule has 2 aromatic carbocycles. The topological polar surface area (TPSA) is 70.2 Å². The molecule has 4 aromatic rings. The average molecular weight is 364 g/mol. The number of nitrogens with one attached hydrogen (secondary N) is 1. The van der Waals surface area contributed by atoms with E-state index in [1.54, 1.807) is 36.8 Å². The number of amides is 1. The normalized spacial score (nSPS) is 10.4. The van der Waals surface area contributed by atoms with Crippen LogP contribution < -0.4 is 5.32 Å². The Hall–Kier alpha value is -4.17. The van der Waals surface area contributed by atoms with E-state index in [1.165, 1.54) is 0 Å². The highest BCUT2D eigenvalue weighted by molar-refractivity contribution is 6.25. The van der Waals surface area contributed by atoms with Crippen LogP contribution in [-0.4, -0.2) is 15.3 Å². The summed E-state index contributed by atoms with van der Waals surface area (Å²) in [6, 6.07) is 22.5. The van der Waals surface area contributed by atoms with E-state index in [4.69, 9.17) is 5.26 Å². The number of aromatic nitrogens is 2. The molecule has 0 fully saturated rings. The van der Waals surface area contributed by atoms with Gasteiger partial charge in [-0.2, -0.15) is 5.26 Å². The van der Waals surface area contributed by atoms with E-state index < -0.39 is 0 Å². The molecule has 0 bridgehead atoms. The Bertz CT molecular complexity index is 1220. The zero-order chi connectivity index (χ0) is 19.5. The maximum atomic E-state index is 12.9. The van der Waals surface area contributed by atoms with Crippen LogP contribution in [0.2, 0.25) is 0 Å². The minimum atomic E-state index is -0.317. The molecule has 5 nitrogen and oxygen atoms in total. The lowest BCUT2D eigenvalue weighted by molar-refractivity contribution is -0.111. The summed E-state index contributed by atoms with van der Waals surface area (Å²) in [5, 5.41) is 11.8. The van der Waals surface area contributed by atoms with Gasteiger partial charge in [-0.15, -0.1) is 0 Å². The van der Waals surface area contributed by atoms with E-state index in [-0.39, 0.29) is 5.91 Å². The Labute approximate surface area is 162 Å². The summed E-state index contributed by atoms with van der Waals surface area (Å²) in [5.74, 6) is -0.317. The molecule has 0 aliphatic carbocycles. The summed E-state index contributed by atoms with van der Waals surface area (Å²) in [7, 11) is 0. The second-order valence-corrected chi connectivity index (χ2v) is 6.27. The standard InChI is InChI=1S/C23H16N4O/c1-16(23(28)26-19-9-7-17(13-24)8-10-19)22-21(18-5-3-2-4-6-18)12-11-20-14-25-15-27(20)22/h2-12,14-15H,1H2,(H,26,28). The van der Waals surface area contributed by atoms with Gasteiger partial charge in [0.2, 0.25) is 0 Å². The third kappa shape index (κ3) is 3.15. The molecule has 1 N–H and O–H groups in total. The number of nitriles is 1. The summed E-state index contributed by atoms with van der Waals surface area (Å²) in [5.41, 5.74) is 4.91. The van der Waals surface area contributed by atoms with Crippen molar-refractivity contribution >= 4 is 22.7 Å². The number of carbonyl (C=O) groups excluding carboxylic acids is 1. The first-order valence-electron chi connectivity index (χ1n) is 8.68. The minimum absolute atomic E-state index is 0.317. The van der Waals surface area contributed by atoms with Crippen molar-refractivity contribution in [3.63, 3.8) is 0 Å². The molecular weight excluding hydrogens is 348 g/mol. The van der Waals surface area contributed by atoms with Crippen molar-refractivity contribution < 1.29 is 4.79 Å². The van der Waals surface area contributed by atoms with Crippen LogP contribution >= 0.6 is 0 Å². The molecule has 0 saturated heterocycles. The van der Waals surface area contributed by atoms with Crippen molar-refractivity contribution in [1.82, 2.24) is 9.38 Å². The number of benzene rings is 2. The third-order valence-corrected chi connectivity index (χ3v) is 4.50. The van der Waals surface area contributed by atoms with Gasteiger partial charge in [-0.25, -0.2) is 4.98 Å². The van der Waals surface area contributed by atoms with Crippen LogP contribution in [0.4, 0.5) is 5.69 Å². The lowest BCUT2D eigenvalue weighted by Gasteiger charge is -2.15. The van der Waals surface area contributed by atoms with Crippen molar-refractivity contribution in [3.8, 4) is 17.2 Å². The Balaban J connectivity index is 1.74. The second kappa shape index (κ2) is 7.22. The number of carbonyl (C=O) groups is 1. The van der Waals surface area contributed by atoms with Gasteiger partial charge in [0.05, 0.1) is 40.9 Å². The zero-order valence-corrected chi connectivity index (χ0v) is 15.0. The molecule has 1 amide bonds. The molecule has 28 heavy (non-hydrogen) atoms. The Morgan fingerprint density at radius 2 is 1.79 bits per heavy atom. The van der Waals surface area contributed by atoms with Gasteiger partial charge in [-0.05, 0) is 35.9 Å². The molecule has 4 rings (SSSR count). The first kappa shape index (κ1) is 17.3. The Kier molecular flexibility index (Phi) is 4.45. The van der Waals surface area contributed by atoms with Crippen LogP contribution in [0.25, 0.3) is 22.2 Å². The van der Waals surface area contributed by atoms with Gasteiger partial charge in [0.15, 0.2) is 0 Å². The molecule has 0 aliphatic heterocycles. The van der Waals surface area contributed by atoms with Gasteiger partial charge in [0.1, 0.15) is 0 Å². The molecular formula is C23H16N4O. The molecule has 0 saturated carbocycles.